The number of hydrogen-bond acceptors (Lipinski definition) is 2. The topological polar surface area (TPSA) is 26.3 Å². The van der Waals surface area contributed by atoms with E-state index >= 15 is 0 Å². The zero-order chi connectivity index (χ0) is 15.0. The fourth-order valence-electron chi connectivity index (χ4n) is 6.00. The number of hydrogen-bond donors (Lipinski definition) is 0. The molecule has 2 nitrogen and oxygen atoms in total. The van der Waals surface area contributed by atoms with E-state index in [4.69, 9.17) is 4.43 Å². The van der Waals surface area contributed by atoms with Gasteiger partial charge in [-0.1, -0.05) is 17.9 Å². The average molecular weight is 302 g/mol. The molecule has 3 heteroatoms. The Balaban J connectivity index is 1.59. The molecule has 3 saturated carbocycles. The summed E-state index contributed by atoms with van der Waals surface area (Å²) < 4.78 is 5.92. The molecule has 0 spiro atoms. The lowest BCUT2D eigenvalue weighted by Gasteiger charge is -2.42. The van der Waals surface area contributed by atoms with Crippen LogP contribution in [0.4, 0.5) is 0 Å². The van der Waals surface area contributed by atoms with E-state index in [9.17, 15) is 4.79 Å². The minimum absolute atomic E-state index is 0.0665. The molecule has 0 aromatic carbocycles. The molecular formula is C18H26O2Si. The van der Waals surface area contributed by atoms with E-state index < -0.39 is 8.32 Å². The minimum atomic E-state index is -2.03. The molecule has 0 radical (unpaired) electrons. The number of rotatable bonds is 3. The summed E-state index contributed by atoms with van der Waals surface area (Å²) in [6.07, 6.45) is 8.54. The van der Waals surface area contributed by atoms with Gasteiger partial charge >= 0.3 is 0 Å². The van der Waals surface area contributed by atoms with Crippen LogP contribution >= 0.6 is 0 Å². The first-order chi connectivity index (χ1) is 9.86. The fraction of sp³-hybridized carbons (Fsp3) is 0.722. The van der Waals surface area contributed by atoms with Gasteiger partial charge in [0, 0.05) is 0 Å². The summed E-state index contributed by atoms with van der Waals surface area (Å²) in [6.45, 7) is 10.1. The summed E-state index contributed by atoms with van der Waals surface area (Å²) in [4.78, 5) is 12.9. The number of carbonyl (C=O) groups excluding carboxylic acids is 1. The quantitative estimate of drug-likeness (QED) is 0.448. The highest BCUT2D eigenvalue weighted by Gasteiger charge is 2.67. The van der Waals surface area contributed by atoms with Crippen LogP contribution in [0.2, 0.25) is 13.1 Å². The first kappa shape index (κ1) is 13.8. The molecule has 7 atom stereocenters. The Bertz CT molecular complexity index is 537. The van der Waals surface area contributed by atoms with E-state index in [1.807, 2.05) is 5.70 Å². The van der Waals surface area contributed by atoms with Gasteiger partial charge in [0.2, 0.25) is 0 Å². The lowest BCUT2D eigenvalue weighted by molar-refractivity contribution is -0.151. The van der Waals surface area contributed by atoms with Crippen LogP contribution < -0.4 is 0 Å². The molecule has 0 aliphatic heterocycles. The van der Waals surface area contributed by atoms with E-state index in [2.05, 4.69) is 38.7 Å². The van der Waals surface area contributed by atoms with Crippen LogP contribution in [0.1, 0.15) is 26.2 Å². The van der Waals surface area contributed by atoms with Crippen molar-refractivity contribution in [1.82, 2.24) is 0 Å². The summed E-state index contributed by atoms with van der Waals surface area (Å²) in [5.74, 6) is 4.55. The first-order valence-corrected chi connectivity index (χ1v) is 11.4. The molecule has 4 aliphatic rings. The van der Waals surface area contributed by atoms with Gasteiger partial charge in [-0.25, -0.2) is 0 Å². The predicted molar refractivity (Wildman–Crippen MR) is 85.8 cm³/mol. The highest BCUT2D eigenvalue weighted by molar-refractivity contribution is 6.77. The second-order valence-electron chi connectivity index (χ2n) is 8.52. The molecule has 21 heavy (non-hydrogen) atoms. The van der Waals surface area contributed by atoms with E-state index in [1.165, 1.54) is 12.8 Å². The van der Waals surface area contributed by atoms with E-state index in [0.29, 0.717) is 5.92 Å². The first-order valence-electron chi connectivity index (χ1n) is 8.41. The van der Waals surface area contributed by atoms with Crippen LogP contribution in [0.25, 0.3) is 0 Å². The highest BCUT2D eigenvalue weighted by Crippen LogP contribution is 2.70. The summed E-state index contributed by atoms with van der Waals surface area (Å²) in [6, 6.07) is 0. The zero-order valence-electron chi connectivity index (χ0n) is 13.3. The molecule has 3 fully saturated rings. The van der Waals surface area contributed by atoms with Crippen LogP contribution in [-0.4, -0.2) is 14.3 Å². The Morgan fingerprint density at radius 2 is 1.95 bits per heavy atom. The Morgan fingerprint density at radius 1 is 1.29 bits per heavy atom. The van der Waals surface area contributed by atoms with Crippen molar-refractivity contribution in [2.75, 3.05) is 0 Å². The standard InChI is InChI=1S/C18H26O2Si/c1-5-21(3,4)20-17(19)18(2)10-13-9-14(18)16-12-7-6-11(8-12)15(13)16/h5-7,11-16H,1,8-10H2,2-4H3. The fourth-order valence-corrected chi connectivity index (χ4v) is 6.80. The Hall–Kier alpha value is -0.833. The van der Waals surface area contributed by atoms with Gasteiger partial charge in [0.25, 0.3) is 14.3 Å². The van der Waals surface area contributed by atoms with Crippen molar-refractivity contribution in [1.29, 1.82) is 0 Å². The van der Waals surface area contributed by atoms with Crippen LogP contribution in [-0.2, 0) is 9.22 Å². The summed E-state index contributed by atoms with van der Waals surface area (Å²) >= 11 is 0. The predicted octanol–water partition coefficient (Wildman–Crippen LogP) is 3.94. The third-order valence-corrected chi connectivity index (χ3v) is 8.66. The molecule has 114 valence electrons. The van der Waals surface area contributed by atoms with Gasteiger partial charge < -0.3 is 4.43 Å². The Kier molecular flexibility index (Phi) is 2.71. The normalized spacial score (nSPS) is 49.5. The van der Waals surface area contributed by atoms with Gasteiger partial charge in [-0.05, 0) is 74.8 Å². The summed E-state index contributed by atoms with van der Waals surface area (Å²) in [5.41, 5.74) is 1.63. The SMILES string of the molecule is C=C[Si](C)(C)OC(=O)C1(C)CC2CC1C1C3C=CC(C3)C21. The second kappa shape index (κ2) is 4.12. The van der Waals surface area contributed by atoms with Gasteiger partial charge in [-0.3, -0.25) is 4.79 Å². The van der Waals surface area contributed by atoms with Crippen molar-refractivity contribution in [3.63, 3.8) is 0 Å². The van der Waals surface area contributed by atoms with E-state index in [-0.39, 0.29) is 11.4 Å². The molecule has 4 rings (SSSR count). The maximum atomic E-state index is 12.9. The molecule has 0 heterocycles. The lowest BCUT2D eigenvalue weighted by Crippen LogP contribution is -2.46. The minimum Gasteiger partial charge on any atom is -0.515 e. The highest BCUT2D eigenvalue weighted by atomic mass is 28.4. The van der Waals surface area contributed by atoms with Crippen molar-refractivity contribution >= 4 is 14.3 Å². The smallest absolute Gasteiger partial charge is 0.299 e. The van der Waals surface area contributed by atoms with Gasteiger partial charge in [0.1, 0.15) is 0 Å². The van der Waals surface area contributed by atoms with Crippen LogP contribution in [0.15, 0.2) is 24.4 Å². The van der Waals surface area contributed by atoms with E-state index in [1.54, 1.807) is 0 Å². The molecule has 7 unspecified atom stereocenters. The van der Waals surface area contributed by atoms with Crippen molar-refractivity contribution in [2.45, 2.75) is 39.3 Å². The van der Waals surface area contributed by atoms with Crippen LogP contribution in [0.5, 0.6) is 0 Å². The largest absolute Gasteiger partial charge is 0.515 e. The van der Waals surface area contributed by atoms with Crippen molar-refractivity contribution in [3.05, 3.63) is 24.4 Å². The number of carbonyl (C=O) groups is 1. The molecule has 0 aromatic rings. The average Bonchev–Trinajstić information content (AvgIpc) is 3.15. The molecule has 0 aromatic heterocycles. The molecule has 4 bridgehead atoms. The third kappa shape index (κ3) is 1.73. The number of fused-ring (bicyclic) bond motifs is 9. The van der Waals surface area contributed by atoms with Gasteiger partial charge in [-0.15, -0.1) is 6.58 Å². The Morgan fingerprint density at radius 3 is 2.62 bits per heavy atom. The van der Waals surface area contributed by atoms with E-state index in [0.717, 1.165) is 36.0 Å². The van der Waals surface area contributed by atoms with Crippen molar-refractivity contribution in [2.24, 2.45) is 40.9 Å². The van der Waals surface area contributed by atoms with Crippen molar-refractivity contribution < 1.29 is 9.22 Å². The third-order valence-electron chi connectivity index (χ3n) is 6.97. The Labute approximate surface area is 128 Å². The summed E-state index contributed by atoms with van der Waals surface area (Å²) in [5, 5.41) is 0. The maximum absolute atomic E-state index is 12.9. The van der Waals surface area contributed by atoms with Crippen LogP contribution in [0.3, 0.4) is 0 Å². The molecule has 0 saturated heterocycles. The van der Waals surface area contributed by atoms with Crippen LogP contribution in [0, 0.1) is 40.9 Å². The monoisotopic (exact) mass is 302 g/mol. The van der Waals surface area contributed by atoms with Crippen molar-refractivity contribution in [3.8, 4) is 0 Å². The van der Waals surface area contributed by atoms with Gasteiger partial charge in [-0.2, -0.15) is 0 Å². The molecular weight excluding hydrogens is 276 g/mol. The van der Waals surface area contributed by atoms with Gasteiger partial charge in [0.15, 0.2) is 0 Å². The lowest BCUT2D eigenvalue weighted by atomic mass is 9.63. The molecule has 0 amide bonds. The zero-order valence-corrected chi connectivity index (χ0v) is 14.3. The maximum Gasteiger partial charge on any atom is 0.299 e. The molecule has 4 aliphatic carbocycles. The molecule has 0 N–H and O–H groups in total. The number of allylic oxidation sites excluding steroid dienone is 2. The summed E-state index contributed by atoms with van der Waals surface area (Å²) in [7, 11) is -2.03. The second-order valence-corrected chi connectivity index (χ2v) is 12.3. The van der Waals surface area contributed by atoms with Gasteiger partial charge in [0.05, 0.1) is 5.41 Å².